The highest BCUT2D eigenvalue weighted by atomic mass is 16.2. The van der Waals surface area contributed by atoms with Gasteiger partial charge in [-0.3, -0.25) is 0 Å². The van der Waals surface area contributed by atoms with Crippen LogP contribution in [0.3, 0.4) is 0 Å². The summed E-state index contributed by atoms with van der Waals surface area (Å²) in [5, 5.41) is 5.51. The molecule has 4 heteroatoms. The second-order valence-corrected chi connectivity index (χ2v) is 3.70. The molecule has 4 nitrogen and oxygen atoms in total. The van der Waals surface area contributed by atoms with E-state index in [9.17, 15) is 4.79 Å². The smallest absolute Gasteiger partial charge is 0.319 e. The van der Waals surface area contributed by atoms with Crippen LogP contribution in [0, 0.1) is 0 Å². The average molecular weight is 221 g/mol. The van der Waals surface area contributed by atoms with Crippen LogP contribution in [0.25, 0.3) is 0 Å². The zero-order chi connectivity index (χ0) is 11.8. The lowest BCUT2D eigenvalue weighted by atomic mass is 10.2. The van der Waals surface area contributed by atoms with Crippen molar-refractivity contribution >= 4 is 11.7 Å². The number of hydrogen-bond acceptors (Lipinski definition) is 2. The normalized spacial score (nSPS) is 11.9. The molecule has 1 rings (SSSR count). The fraction of sp³-hybridized carbons (Fsp3) is 0.417. The molecule has 0 saturated carbocycles. The number of urea groups is 1. The van der Waals surface area contributed by atoms with Gasteiger partial charge in [-0.15, -0.1) is 0 Å². The van der Waals surface area contributed by atoms with Gasteiger partial charge in [-0.2, -0.15) is 0 Å². The molecule has 1 aromatic rings. The van der Waals surface area contributed by atoms with Crippen LogP contribution >= 0.6 is 0 Å². The number of nitrogens with two attached hydrogens (primary N) is 1. The Morgan fingerprint density at radius 3 is 2.69 bits per heavy atom. The van der Waals surface area contributed by atoms with Crippen molar-refractivity contribution in [1.82, 2.24) is 5.32 Å². The van der Waals surface area contributed by atoms with E-state index in [-0.39, 0.29) is 12.1 Å². The van der Waals surface area contributed by atoms with E-state index in [1.807, 2.05) is 37.3 Å². The van der Waals surface area contributed by atoms with Gasteiger partial charge >= 0.3 is 6.03 Å². The predicted molar refractivity (Wildman–Crippen MR) is 66.3 cm³/mol. The van der Waals surface area contributed by atoms with Gasteiger partial charge in [-0.1, -0.05) is 25.1 Å². The molecule has 0 aliphatic carbocycles. The highest BCUT2D eigenvalue weighted by Crippen LogP contribution is 2.04. The van der Waals surface area contributed by atoms with Crippen molar-refractivity contribution in [3.8, 4) is 0 Å². The molecule has 0 bridgehead atoms. The number of carbonyl (C=O) groups excluding carboxylic acids is 1. The zero-order valence-corrected chi connectivity index (χ0v) is 9.57. The molecule has 0 aliphatic heterocycles. The van der Waals surface area contributed by atoms with Crippen molar-refractivity contribution in [3.63, 3.8) is 0 Å². The Hall–Kier alpha value is -1.55. The van der Waals surface area contributed by atoms with Gasteiger partial charge in [0.05, 0.1) is 0 Å². The Morgan fingerprint density at radius 2 is 2.06 bits per heavy atom. The molecule has 0 spiro atoms. The number of amides is 2. The third-order valence-corrected chi connectivity index (χ3v) is 2.36. The minimum absolute atomic E-state index is 0.164. The number of carbonyl (C=O) groups is 1. The topological polar surface area (TPSA) is 67.1 Å². The lowest BCUT2D eigenvalue weighted by Crippen LogP contribution is -2.33. The molecule has 0 fully saturated rings. The summed E-state index contributed by atoms with van der Waals surface area (Å²) in [4.78, 5) is 11.4. The lowest BCUT2D eigenvalue weighted by molar-refractivity contribution is 0.251. The van der Waals surface area contributed by atoms with Gasteiger partial charge in [0.2, 0.25) is 0 Å². The molecule has 1 unspecified atom stereocenters. The first kappa shape index (κ1) is 12.5. The maximum absolute atomic E-state index is 11.4. The van der Waals surface area contributed by atoms with Crippen LogP contribution in [-0.4, -0.2) is 18.6 Å². The second kappa shape index (κ2) is 6.85. The molecule has 88 valence electrons. The molecule has 0 radical (unpaired) electrons. The van der Waals surface area contributed by atoms with Crippen LogP contribution in [0.15, 0.2) is 30.3 Å². The fourth-order valence-corrected chi connectivity index (χ4v) is 1.27. The first-order chi connectivity index (χ1) is 7.72. The molecular formula is C12H19N3O. The van der Waals surface area contributed by atoms with Crippen LogP contribution < -0.4 is 16.4 Å². The van der Waals surface area contributed by atoms with Crippen molar-refractivity contribution in [2.75, 3.05) is 11.9 Å². The predicted octanol–water partition coefficient (Wildman–Crippen LogP) is 1.94. The molecule has 0 saturated heterocycles. The maximum Gasteiger partial charge on any atom is 0.319 e. The number of hydrogen-bond donors (Lipinski definition) is 3. The second-order valence-electron chi connectivity index (χ2n) is 3.70. The first-order valence-electron chi connectivity index (χ1n) is 5.58. The van der Waals surface area contributed by atoms with Crippen LogP contribution in [0.2, 0.25) is 0 Å². The third kappa shape index (κ3) is 4.79. The van der Waals surface area contributed by atoms with Gasteiger partial charge in [0, 0.05) is 18.3 Å². The van der Waals surface area contributed by atoms with E-state index in [0.717, 1.165) is 18.5 Å². The van der Waals surface area contributed by atoms with Crippen LogP contribution in [-0.2, 0) is 0 Å². The van der Waals surface area contributed by atoms with Crippen molar-refractivity contribution in [2.24, 2.45) is 5.73 Å². The quantitative estimate of drug-likeness (QED) is 0.711. The minimum Gasteiger partial charge on any atom is -0.338 e. The molecule has 0 heterocycles. The first-order valence-corrected chi connectivity index (χ1v) is 5.58. The fourth-order valence-electron chi connectivity index (χ4n) is 1.27. The Balaban J connectivity index is 2.21. The van der Waals surface area contributed by atoms with Crippen molar-refractivity contribution < 1.29 is 4.79 Å². The number of anilines is 1. The molecule has 16 heavy (non-hydrogen) atoms. The summed E-state index contributed by atoms with van der Waals surface area (Å²) in [6.45, 7) is 2.64. The summed E-state index contributed by atoms with van der Waals surface area (Å²) in [6, 6.07) is 9.33. The Bertz CT molecular complexity index is 313. The van der Waals surface area contributed by atoms with E-state index < -0.39 is 0 Å². The van der Waals surface area contributed by atoms with Gasteiger partial charge in [0.1, 0.15) is 0 Å². The van der Waals surface area contributed by atoms with Gasteiger partial charge in [-0.05, 0) is 25.0 Å². The summed E-state index contributed by atoms with van der Waals surface area (Å²) in [5.74, 6) is 0. The SMILES string of the molecule is CCC(N)CCNC(=O)Nc1ccccc1. The number of rotatable bonds is 5. The van der Waals surface area contributed by atoms with Crippen LogP contribution in [0.1, 0.15) is 19.8 Å². The number of nitrogens with one attached hydrogen (secondary N) is 2. The van der Waals surface area contributed by atoms with Crippen LogP contribution in [0.4, 0.5) is 10.5 Å². The lowest BCUT2D eigenvalue weighted by Gasteiger charge is -2.10. The van der Waals surface area contributed by atoms with Gasteiger partial charge in [0.25, 0.3) is 0 Å². The third-order valence-electron chi connectivity index (χ3n) is 2.36. The summed E-state index contributed by atoms with van der Waals surface area (Å²) >= 11 is 0. The summed E-state index contributed by atoms with van der Waals surface area (Å²) < 4.78 is 0. The Morgan fingerprint density at radius 1 is 1.38 bits per heavy atom. The minimum atomic E-state index is -0.186. The number of benzene rings is 1. The zero-order valence-electron chi connectivity index (χ0n) is 9.57. The van der Waals surface area contributed by atoms with Crippen molar-refractivity contribution in [1.29, 1.82) is 0 Å². The Labute approximate surface area is 96.2 Å². The maximum atomic E-state index is 11.4. The monoisotopic (exact) mass is 221 g/mol. The largest absolute Gasteiger partial charge is 0.338 e. The van der Waals surface area contributed by atoms with Crippen molar-refractivity contribution in [3.05, 3.63) is 30.3 Å². The summed E-state index contributed by atoms with van der Waals surface area (Å²) in [5.41, 5.74) is 6.53. The molecule has 1 atom stereocenters. The standard InChI is InChI=1S/C12H19N3O/c1-2-10(13)8-9-14-12(16)15-11-6-4-3-5-7-11/h3-7,10H,2,8-9,13H2,1H3,(H2,14,15,16). The molecular weight excluding hydrogens is 202 g/mol. The van der Waals surface area contributed by atoms with Gasteiger partial charge in [-0.25, -0.2) is 4.79 Å². The highest BCUT2D eigenvalue weighted by Gasteiger charge is 2.02. The summed E-state index contributed by atoms with van der Waals surface area (Å²) in [6.07, 6.45) is 1.74. The van der Waals surface area contributed by atoms with E-state index >= 15 is 0 Å². The molecule has 0 aliphatic rings. The number of para-hydroxylation sites is 1. The Kier molecular flexibility index (Phi) is 5.36. The molecule has 4 N–H and O–H groups in total. The van der Waals surface area contributed by atoms with E-state index in [1.165, 1.54) is 0 Å². The van der Waals surface area contributed by atoms with Crippen molar-refractivity contribution in [2.45, 2.75) is 25.8 Å². The van der Waals surface area contributed by atoms with E-state index in [4.69, 9.17) is 5.73 Å². The highest BCUT2D eigenvalue weighted by molar-refractivity contribution is 5.89. The van der Waals surface area contributed by atoms with E-state index in [1.54, 1.807) is 0 Å². The summed E-state index contributed by atoms with van der Waals surface area (Å²) in [7, 11) is 0. The average Bonchev–Trinajstić information content (AvgIpc) is 2.30. The molecule has 1 aromatic carbocycles. The van der Waals surface area contributed by atoms with E-state index in [2.05, 4.69) is 10.6 Å². The van der Waals surface area contributed by atoms with Gasteiger partial charge in [0.15, 0.2) is 0 Å². The molecule has 2 amide bonds. The van der Waals surface area contributed by atoms with Crippen LogP contribution in [0.5, 0.6) is 0 Å². The van der Waals surface area contributed by atoms with Gasteiger partial charge < -0.3 is 16.4 Å². The van der Waals surface area contributed by atoms with E-state index in [0.29, 0.717) is 6.54 Å². The molecule has 0 aromatic heterocycles.